The molecule has 0 saturated heterocycles. The minimum Gasteiger partial charge on any atom is -0.361 e. The SMILES string of the molecule is ClCCC#Cc1cc2cc[nH]c2cc1Cl. The van der Waals surface area contributed by atoms with Crippen LogP contribution in [0, 0.1) is 11.8 Å². The van der Waals surface area contributed by atoms with Crippen LogP contribution in [0.2, 0.25) is 5.02 Å². The van der Waals surface area contributed by atoms with Crippen molar-refractivity contribution in [3.63, 3.8) is 0 Å². The zero-order chi connectivity index (χ0) is 10.7. The smallest absolute Gasteiger partial charge is 0.0583 e. The molecule has 1 nitrogen and oxygen atoms in total. The molecule has 0 radical (unpaired) electrons. The Hall–Kier alpha value is -1.10. The third kappa shape index (κ3) is 2.28. The summed E-state index contributed by atoms with van der Waals surface area (Å²) >= 11 is 11.6. The number of rotatable bonds is 1. The molecule has 0 atom stereocenters. The summed E-state index contributed by atoms with van der Waals surface area (Å²) in [6.07, 6.45) is 2.57. The molecular weight excluding hydrogens is 229 g/mol. The molecule has 15 heavy (non-hydrogen) atoms. The van der Waals surface area contributed by atoms with Gasteiger partial charge in [0, 0.05) is 35.0 Å². The van der Waals surface area contributed by atoms with Crippen LogP contribution in [-0.4, -0.2) is 10.9 Å². The molecule has 3 heteroatoms. The van der Waals surface area contributed by atoms with E-state index in [4.69, 9.17) is 23.2 Å². The summed E-state index contributed by atoms with van der Waals surface area (Å²) in [5.41, 5.74) is 1.89. The van der Waals surface area contributed by atoms with Crippen molar-refractivity contribution >= 4 is 34.1 Å². The van der Waals surface area contributed by atoms with Gasteiger partial charge in [0.1, 0.15) is 0 Å². The second-order valence-electron chi connectivity index (χ2n) is 3.14. The third-order valence-corrected chi connectivity index (χ3v) is 2.59. The van der Waals surface area contributed by atoms with Crippen LogP contribution in [0.3, 0.4) is 0 Å². The summed E-state index contributed by atoms with van der Waals surface area (Å²) in [6, 6.07) is 5.87. The van der Waals surface area contributed by atoms with Crippen LogP contribution >= 0.6 is 23.2 Å². The number of nitrogens with one attached hydrogen (secondary N) is 1. The first-order valence-electron chi connectivity index (χ1n) is 4.63. The first-order chi connectivity index (χ1) is 7.31. The topological polar surface area (TPSA) is 15.8 Å². The summed E-state index contributed by atoms with van der Waals surface area (Å²) in [5, 5.41) is 1.79. The Bertz CT molecular complexity index is 531. The third-order valence-electron chi connectivity index (χ3n) is 2.08. The Morgan fingerprint density at radius 2 is 2.20 bits per heavy atom. The maximum Gasteiger partial charge on any atom is 0.0583 e. The number of H-pyrrole nitrogens is 1. The van der Waals surface area contributed by atoms with Crippen LogP contribution in [0.5, 0.6) is 0 Å². The lowest BCUT2D eigenvalue weighted by molar-refractivity contribution is 1.29. The van der Waals surface area contributed by atoms with Crippen LogP contribution < -0.4 is 0 Å². The van der Waals surface area contributed by atoms with Crippen LogP contribution in [0.15, 0.2) is 24.4 Å². The number of benzene rings is 1. The lowest BCUT2D eigenvalue weighted by Crippen LogP contribution is -1.78. The first kappa shape index (κ1) is 10.4. The molecule has 2 rings (SSSR count). The summed E-state index contributed by atoms with van der Waals surface area (Å²) in [4.78, 5) is 3.10. The van der Waals surface area contributed by atoms with E-state index < -0.39 is 0 Å². The summed E-state index contributed by atoms with van der Waals surface area (Å²) in [7, 11) is 0. The first-order valence-corrected chi connectivity index (χ1v) is 5.54. The van der Waals surface area contributed by atoms with Crippen LogP contribution in [0.25, 0.3) is 10.9 Å². The number of alkyl halides is 1. The Labute approximate surface area is 98.4 Å². The normalized spacial score (nSPS) is 10.0. The molecule has 1 aromatic carbocycles. The molecule has 1 N–H and O–H groups in total. The van der Waals surface area contributed by atoms with E-state index in [-0.39, 0.29) is 0 Å². The van der Waals surface area contributed by atoms with E-state index >= 15 is 0 Å². The lowest BCUT2D eigenvalue weighted by atomic mass is 10.1. The highest BCUT2D eigenvalue weighted by molar-refractivity contribution is 6.32. The molecule has 0 fully saturated rings. The van der Waals surface area contributed by atoms with E-state index in [1.165, 1.54) is 0 Å². The van der Waals surface area contributed by atoms with Crippen molar-refractivity contribution in [1.82, 2.24) is 4.98 Å². The van der Waals surface area contributed by atoms with Gasteiger partial charge in [-0.25, -0.2) is 0 Å². The lowest BCUT2D eigenvalue weighted by Gasteiger charge is -1.96. The molecule has 0 amide bonds. The van der Waals surface area contributed by atoms with Crippen molar-refractivity contribution in [3.05, 3.63) is 35.0 Å². The molecule has 0 saturated carbocycles. The van der Waals surface area contributed by atoms with E-state index in [9.17, 15) is 0 Å². The Balaban J connectivity index is 2.43. The van der Waals surface area contributed by atoms with Crippen molar-refractivity contribution in [2.45, 2.75) is 6.42 Å². The predicted molar refractivity (Wildman–Crippen MR) is 65.5 cm³/mol. The number of aromatic nitrogens is 1. The van der Waals surface area contributed by atoms with E-state index in [0.717, 1.165) is 16.5 Å². The highest BCUT2D eigenvalue weighted by Gasteiger charge is 2.00. The quantitative estimate of drug-likeness (QED) is 0.574. The zero-order valence-corrected chi connectivity index (χ0v) is 9.49. The Morgan fingerprint density at radius 3 is 3.00 bits per heavy atom. The second-order valence-corrected chi connectivity index (χ2v) is 3.92. The van der Waals surface area contributed by atoms with Gasteiger partial charge < -0.3 is 4.98 Å². The molecular formula is C12H9Cl2N. The fraction of sp³-hybridized carbons (Fsp3) is 0.167. The molecule has 0 unspecified atom stereocenters. The van der Waals surface area contributed by atoms with Gasteiger partial charge in [0.05, 0.1) is 5.02 Å². The Kier molecular flexibility index (Phi) is 3.20. The average molecular weight is 238 g/mol. The van der Waals surface area contributed by atoms with E-state index in [0.29, 0.717) is 17.3 Å². The summed E-state index contributed by atoms with van der Waals surface area (Å²) in [5.74, 6) is 6.54. The number of hydrogen-bond acceptors (Lipinski definition) is 0. The average Bonchev–Trinajstić information content (AvgIpc) is 2.65. The van der Waals surface area contributed by atoms with Crippen molar-refractivity contribution in [1.29, 1.82) is 0 Å². The highest BCUT2D eigenvalue weighted by Crippen LogP contribution is 2.22. The minimum atomic E-state index is 0.553. The molecule has 2 aromatic rings. The van der Waals surface area contributed by atoms with Crippen LogP contribution in [-0.2, 0) is 0 Å². The molecule has 76 valence electrons. The van der Waals surface area contributed by atoms with Gasteiger partial charge in [-0.2, -0.15) is 0 Å². The standard InChI is InChI=1S/C12H9Cl2N/c13-5-2-1-3-9-7-10-4-6-15-12(10)8-11(9)14/h4,6-8,15H,2,5H2. The maximum atomic E-state index is 6.08. The van der Waals surface area contributed by atoms with Gasteiger partial charge in [-0.05, 0) is 18.2 Å². The summed E-state index contributed by atoms with van der Waals surface area (Å²) < 4.78 is 0. The summed E-state index contributed by atoms with van der Waals surface area (Å²) in [6.45, 7) is 0. The van der Waals surface area contributed by atoms with Crippen molar-refractivity contribution in [3.8, 4) is 11.8 Å². The fourth-order valence-corrected chi connectivity index (χ4v) is 1.68. The number of fused-ring (bicyclic) bond motifs is 1. The number of halogens is 2. The van der Waals surface area contributed by atoms with Gasteiger partial charge in [0.2, 0.25) is 0 Å². The minimum absolute atomic E-state index is 0.553. The molecule has 0 spiro atoms. The second kappa shape index (κ2) is 4.61. The van der Waals surface area contributed by atoms with E-state index in [1.807, 2.05) is 24.4 Å². The largest absolute Gasteiger partial charge is 0.361 e. The van der Waals surface area contributed by atoms with Gasteiger partial charge in [-0.3, -0.25) is 0 Å². The Morgan fingerprint density at radius 1 is 1.33 bits per heavy atom. The van der Waals surface area contributed by atoms with Gasteiger partial charge in [-0.1, -0.05) is 23.4 Å². The van der Waals surface area contributed by atoms with Crippen LogP contribution in [0.4, 0.5) is 0 Å². The molecule has 0 aliphatic carbocycles. The van der Waals surface area contributed by atoms with E-state index in [2.05, 4.69) is 16.8 Å². The van der Waals surface area contributed by atoms with Crippen molar-refractivity contribution < 1.29 is 0 Å². The highest BCUT2D eigenvalue weighted by atomic mass is 35.5. The number of aromatic amines is 1. The molecule has 0 aliphatic heterocycles. The van der Waals surface area contributed by atoms with Crippen molar-refractivity contribution in [2.24, 2.45) is 0 Å². The zero-order valence-electron chi connectivity index (χ0n) is 7.98. The number of hydrogen-bond donors (Lipinski definition) is 1. The van der Waals surface area contributed by atoms with E-state index in [1.54, 1.807) is 0 Å². The molecule has 0 aliphatic rings. The van der Waals surface area contributed by atoms with Crippen LogP contribution in [0.1, 0.15) is 12.0 Å². The molecule has 0 bridgehead atoms. The van der Waals surface area contributed by atoms with Crippen molar-refractivity contribution in [2.75, 3.05) is 5.88 Å². The van der Waals surface area contributed by atoms with Gasteiger partial charge >= 0.3 is 0 Å². The fourth-order valence-electron chi connectivity index (χ4n) is 1.37. The monoisotopic (exact) mass is 237 g/mol. The van der Waals surface area contributed by atoms with Gasteiger partial charge in [0.15, 0.2) is 0 Å². The van der Waals surface area contributed by atoms with Gasteiger partial charge in [0.25, 0.3) is 0 Å². The predicted octanol–water partition coefficient (Wildman–Crippen LogP) is 3.80. The molecule has 1 heterocycles. The molecule has 1 aromatic heterocycles. The van der Waals surface area contributed by atoms with Gasteiger partial charge in [-0.15, -0.1) is 11.6 Å². The maximum absolute atomic E-state index is 6.08.